The van der Waals surface area contributed by atoms with Gasteiger partial charge in [-0.3, -0.25) is 4.99 Å². The maximum Gasteiger partial charge on any atom is 0.191 e. The summed E-state index contributed by atoms with van der Waals surface area (Å²) in [5.74, 6) is 1.33. The Morgan fingerprint density at radius 1 is 1.19 bits per heavy atom. The van der Waals surface area contributed by atoms with Crippen LogP contribution in [0.15, 0.2) is 52.8 Å². The van der Waals surface area contributed by atoms with Crippen LogP contribution in [0, 0.1) is 5.92 Å². The highest BCUT2D eigenvalue weighted by molar-refractivity contribution is 14.0. The van der Waals surface area contributed by atoms with E-state index in [-0.39, 0.29) is 30.1 Å². The minimum atomic E-state index is 0. The van der Waals surface area contributed by atoms with Crippen molar-refractivity contribution >= 4 is 41.3 Å². The topological polar surface area (TPSA) is 45.7 Å². The molecule has 2 N–H and O–H groups in total. The van der Waals surface area contributed by atoms with Crippen LogP contribution in [0.4, 0.5) is 0 Å². The Morgan fingerprint density at radius 2 is 2.04 bits per heavy atom. The molecule has 27 heavy (non-hydrogen) atoms. The number of nitrogens with zero attached hydrogens (tertiary/aromatic N) is 1. The fraction of sp³-hybridized carbons (Fsp3) is 0.476. The molecule has 1 aliphatic rings. The van der Waals surface area contributed by atoms with Crippen molar-refractivity contribution in [3.8, 4) is 0 Å². The van der Waals surface area contributed by atoms with E-state index in [9.17, 15) is 0 Å². The molecule has 2 aromatic rings. The number of thiophene rings is 1. The number of nitrogens with one attached hydrogen (secondary N) is 2. The number of benzene rings is 1. The molecule has 1 aromatic heterocycles. The van der Waals surface area contributed by atoms with Gasteiger partial charge in [-0.1, -0.05) is 36.4 Å². The molecule has 1 saturated heterocycles. The number of halogens is 1. The first kappa shape index (κ1) is 22.2. The standard InChI is InChI=1S/C21H29N3OS.HI/c1-2-22-21(23-13-12-19-11-7-15-26-19)24-16-18-10-6-14-25-20(18)17-8-4-3-5-9-17;/h3-5,7-9,11,15,18,20H,2,6,10,12-14,16H2,1H3,(H2,22,23,24);1H. The van der Waals surface area contributed by atoms with Crippen LogP contribution in [-0.2, 0) is 11.2 Å². The highest BCUT2D eigenvalue weighted by Gasteiger charge is 2.27. The van der Waals surface area contributed by atoms with Crippen LogP contribution < -0.4 is 10.6 Å². The third-order valence-corrected chi connectivity index (χ3v) is 5.58. The lowest BCUT2D eigenvalue weighted by Crippen LogP contribution is -2.39. The van der Waals surface area contributed by atoms with Gasteiger partial charge >= 0.3 is 0 Å². The second kappa shape index (κ2) is 12.4. The van der Waals surface area contributed by atoms with Gasteiger partial charge in [0.2, 0.25) is 0 Å². The fourth-order valence-corrected chi connectivity index (χ4v) is 4.06. The molecule has 1 aliphatic heterocycles. The quantitative estimate of drug-likeness (QED) is 0.332. The molecule has 0 spiro atoms. The van der Waals surface area contributed by atoms with Crippen molar-refractivity contribution in [1.29, 1.82) is 0 Å². The minimum Gasteiger partial charge on any atom is -0.373 e. The van der Waals surface area contributed by atoms with Crippen molar-refractivity contribution in [2.45, 2.75) is 32.3 Å². The van der Waals surface area contributed by atoms with E-state index in [0.717, 1.165) is 51.5 Å². The van der Waals surface area contributed by atoms with Gasteiger partial charge in [-0.15, -0.1) is 35.3 Å². The number of rotatable bonds is 7. The predicted molar refractivity (Wildman–Crippen MR) is 125 cm³/mol. The molecule has 2 unspecified atom stereocenters. The molecular formula is C21H30IN3OS. The molecule has 0 saturated carbocycles. The molecule has 4 nitrogen and oxygen atoms in total. The van der Waals surface area contributed by atoms with E-state index in [1.54, 1.807) is 11.3 Å². The first-order valence-corrected chi connectivity index (χ1v) is 10.5. The highest BCUT2D eigenvalue weighted by atomic mass is 127. The number of guanidine groups is 1. The minimum absolute atomic E-state index is 0. The molecule has 3 rings (SSSR count). The van der Waals surface area contributed by atoms with Crippen LogP contribution in [0.5, 0.6) is 0 Å². The first-order valence-electron chi connectivity index (χ1n) is 9.58. The molecule has 6 heteroatoms. The molecule has 0 aliphatic carbocycles. The molecule has 148 valence electrons. The van der Waals surface area contributed by atoms with Gasteiger partial charge in [-0.05, 0) is 43.2 Å². The lowest BCUT2D eigenvalue weighted by Gasteiger charge is -2.31. The smallest absolute Gasteiger partial charge is 0.191 e. The Kier molecular flexibility index (Phi) is 10.2. The second-order valence-electron chi connectivity index (χ2n) is 6.58. The summed E-state index contributed by atoms with van der Waals surface area (Å²) in [5.41, 5.74) is 1.27. The molecule has 0 radical (unpaired) electrons. The summed E-state index contributed by atoms with van der Waals surface area (Å²) in [6.07, 6.45) is 3.47. The molecular weight excluding hydrogens is 469 g/mol. The number of hydrogen-bond acceptors (Lipinski definition) is 3. The van der Waals surface area contributed by atoms with Crippen molar-refractivity contribution in [3.05, 3.63) is 58.3 Å². The third kappa shape index (κ3) is 7.08. The average Bonchev–Trinajstić information content (AvgIpc) is 3.20. The van der Waals surface area contributed by atoms with E-state index in [0.29, 0.717) is 5.92 Å². The predicted octanol–water partition coefficient (Wildman–Crippen LogP) is 4.63. The summed E-state index contributed by atoms with van der Waals surface area (Å²) >= 11 is 1.81. The summed E-state index contributed by atoms with van der Waals surface area (Å²) in [6, 6.07) is 14.8. The second-order valence-corrected chi connectivity index (χ2v) is 7.61. The van der Waals surface area contributed by atoms with Gasteiger partial charge < -0.3 is 15.4 Å². The number of hydrogen-bond donors (Lipinski definition) is 2. The molecule has 0 bridgehead atoms. The van der Waals surface area contributed by atoms with E-state index >= 15 is 0 Å². The van der Waals surface area contributed by atoms with E-state index in [1.807, 2.05) is 0 Å². The van der Waals surface area contributed by atoms with E-state index in [4.69, 9.17) is 9.73 Å². The lowest BCUT2D eigenvalue weighted by atomic mass is 9.89. The van der Waals surface area contributed by atoms with Crippen LogP contribution in [0.3, 0.4) is 0 Å². The molecule has 1 fully saturated rings. The van der Waals surface area contributed by atoms with Gasteiger partial charge in [0.15, 0.2) is 5.96 Å². The van der Waals surface area contributed by atoms with Gasteiger partial charge in [0.25, 0.3) is 0 Å². The number of ether oxygens (including phenoxy) is 1. The average molecular weight is 499 g/mol. The summed E-state index contributed by atoms with van der Waals surface area (Å²) in [6.45, 7) is 5.50. The Labute approximate surface area is 183 Å². The summed E-state index contributed by atoms with van der Waals surface area (Å²) in [4.78, 5) is 6.25. The van der Waals surface area contributed by atoms with Crippen molar-refractivity contribution in [3.63, 3.8) is 0 Å². The summed E-state index contributed by atoms with van der Waals surface area (Å²) < 4.78 is 6.09. The summed E-state index contributed by atoms with van der Waals surface area (Å²) in [5, 5.41) is 8.94. The fourth-order valence-electron chi connectivity index (χ4n) is 3.35. The van der Waals surface area contributed by atoms with Crippen molar-refractivity contribution in [2.24, 2.45) is 10.9 Å². The van der Waals surface area contributed by atoms with Crippen LogP contribution in [-0.4, -0.2) is 32.2 Å². The Balaban J connectivity index is 0.00000261. The maximum atomic E-state index is 6.09. The first-order chi connectivity index (χ1) is 12.9. The van der Waals surface area contributed by atoms with Crippen molar-refractivity contribution in [1.82, 2.24) is 10.6 Å². The monoisotopic (exact) mass is 499 g/mol. The Hall–Kier alpha value is -1.12. The highest BCUT2D eigenvalue weighted by Crippen LogP contribution is 2.33. The van der Waals surface area contributed by atoms with Crippen molar-refractivity contribution in [2.75, 3.05) is 26.2 Å². The Morgan fingerprint density at radius 3 is 2.78 bits per heavy atom. The van der Waals surface area contributed by atoms with E-state index in [2.05, 4.69) is 65.4 Å². The largest absolute Gasteiger partial charge is 0.373 e. The van der Waals surface area contributed by atoms with Crippen LogP contribution in [0.2, 0.25) is 0 Å². The van der Waals surface area contributed by atoms with Crippen LogP contribution in [0.25, 0.3) is 0 Å². The molecule has 2 atom stereocenters. The van der Waals surface area contributed by atoms with Crippen LogP contribution in [0.1, 0.15) is 36.3 Å². The summed E-state index contributed by atoms with van der Waals surface area (Å²) in [7, 11) is 0. The van der Waals surface area contributed by atoms with Gasteiger partial charge in [0.1, 0.15) is 0 Å². The van der Waals surface area contributed by atoms with E-state index in [1.165, 1.54) is 10.4 Å². The zero-order valence-corrected chi connectivity index (χ0v) is 19.0. The third-order valence-electron chi connectivity index (χ3n) is 4.64. The van der Waals surface area contributed by atoms with Crippen molar-refractivity contribution < 1.29 is 4.74 Å². The van der Waals surface area contributed by atoms with Gasteiger partial charge in [0, 0.05) is 37.0 Å². The van der Waals surface area contributed by atoms with Gasteiger partial charge in [0.05, 0.1) is 6.10 Å². The Bertz CT molecular complexity index is 663. The molecule has 0 amide bonds. The SMILES string of the molecule is CCNC(=NCC1CCCOC1c1ccccc1)NCCc1cccs1.I. The molecule has 2 heterocycles. The zero-order valence-electron chi connectivity index (χ0n) is 15.9. The maximum absolute atomic E-state index is 6.09. The zero-order chi connectivity index (χ0) is 18.0. The van der Waals surface area contributed by atoms with Gasteiger partial charge in [-0.2, -0.15) is 0 Å². The lowest BCUT2D eigenvalue weighted by molar-refractivity contribution is -0.0250. The molecule has 1 aromatic carbocycles. The van der Waals surface area contributed by atoms with Crippen LogP contribution >= 0.6 is 35.3 Å². The van der Waals surface area contributed by atoms with Gasteiger partial charge in [-0.25, -0.2) is 0 Å². The number of aliphatic imine (C=N–C) groups is 1. The van der Waals surface area contributed by atoms with E-state index < -0.39 is 0 Å². The normalized spacial score (nSPS) is 20.0.